The monoisotopic (exact) mass is 244 g/mol. The van der Waals surface area contributed by atoms with E-state index in [0.29, 0.717) is 16.3 Å². The summed E-state index contributed by atoms with van der Waals surface area (Å²) >= 11 is 7.32. The van der Waals surface area contributed by atoms with E-state index < -0.39 is 0 Å². The second-order valence-corrected chi connectivity index (χ2v) is 5.04. The van der Waals surface area contributed by atoms with E-state index in [4.69, 9.17) is 16.7 Å². The maximum absolute atomic E-state index is 11.7. The third-order valence-corrected chi connectivity index (χ3v) is 3.41. The molecule has 0 heterocycles. The van der Waals surface area contributed by atoms with Gasteiger partial charge in [0.1, 0.15) is 0 Å². The first-order chi connectivity index (χ1) is 7.15. The highest BCUT2D eigenvalue weighted by Crippen LogP contribution is 2.18. The van der Waals surface area contributed by atoms with Gasteiger partial charge in [-0.05, 0) is 12.1 Å². The van der Waals surface area contributed by atoms with E-state index in [0.717, 1.165) is 0 Å². The highest BCUT2D eigenvalue weighted by molar-refractivity contribution is 8.00. The Morgan fingerprint density at radius 2 is 2.20 bits per heavy atom. The number of ketones is 1. The highest BCUT2D eigenvalue weighted by Gasteiger charge is 2.11. The van der Waals surface area contributed by atoms with Crippen LogP contribution in [0.4, 0.5) is 0 Å². The molecule has 0 aliphatic heterocycles. The van der Waals surface area contributed by atoms with E-state index in [-0.39, 0.29) is 17.6 Å². The lowest BCUT2D eigenvalue weighted by Gasteiger charge is -2.07. The van der Waals surface area contributed by atoms with Crippen molar-refractivity contribution in [2.75, 3.05) is 12.4 Å². The van der Waals surface area contributed by atoms with Crippen LogP contribution in [0.5, 0.6) is 0 Å². The molecule has 2 nitrogen and oxygen atoms in total. The average molecular weight is 245 g/mol. The van der Waals surface area contributed by atoms with Crippen LogP contribution in [-0.2, 0) is 0 Å². The van der Waals surface area contributed by atoms with Crippen molar-refractivity contribution in [2.24, 2.45) is 0 Å². The number of aliphatic hydroxyl groups is 1. The van der Waals surface area contributed by atoms with Crippen LogP contribution >= 0.6 is 23.4 Å². The summed E-state index contributed by atoms with van der Waals surface area (Å²) in [6.45, 7) is 1.96. The summed E-state index contributed by atoms with van der Waals surface area (Å²) in [6.07, 6.45) is 0. The number of rotatable bonds is 5. The molecule has 0 aromatic heterocycles. The normalized spacial score (nSPS) is 12.5. The minimum atomic E-state index is 0.00546. The summed E-state index contributed by atoms with van der Waals surface area (Å²) in [5.74, 6) is 0.358. The van der Waals surface area contributed by atoms with Crippen molar-refractivity contribution in [3.05, 3.63) is 34.9 Å². The topological polar surface area (TPSA) is 37.3 Å². The van der Waals surface area contributed by atoms with Crippen LogP contribution in [-0.4, -0.2) is 28.5 Å². The molecule has 1 N–H and O–H groups in total. The number of hydrogen-bond donors (Lipinski definition) is 1. The number of halogens is 1. The molecule has 0 amide bonds. The fourth-order valence-electron chi connectivity index (χ4n) is 1.04. The second-order valence-electron chi connectivity index (χ2n) is 3.21. The minimum Gasteiger partial charge on any atom is -0.395 e. The number of aliphatic hydroxyl groups excluding tert-OH is 1. The van der Waals surface area contributed by atoms with Gasteiger partial charge < -0.3 is 5.11 Å². The Kier molecular flexibility index (Phi) is 5.15. The van der Waals surface area contributed by atoms with E-state index in [9.17, 15) is 4.79 Å². The largest absolute Gasteiger partial charge is 0.395 e. The summed E-state index contributed by atoms with van der Waals surface area (Å²) in [6, 6.07) is 7.01. The number of carbonyl (C=O) groups is 1. The third kappa shape index (κ3) is 3.86. The first-order valence-electron chi connectivity index (χ1n) is 4.65. The molecule has 1 rings (SSSR count). The Morgan fingerprint density at radius 1 is 1.53 bits per heavy atom. The molecule has 0 saturated heterocycles. The molecule has 0 aliphatic carbocycles. The Morgan fingerprint density at radius 3 is 2.80 bits per heavy atom. The molecule has 0 bridgehead atoms. The lowest BCUT2D eigenvalue weighted by molar-refractivity contribution is 0.102. The van der Waals surface area contributed by atoms with Crippen molar-refractivity contribution in [1.82, 2.24) is 0 Å². The van der Waals surface area contributed by atoms with E-state index in [1.54, 1.807) is 24.3 Å². The van der Waals surface area contributed by atoms with Crippen molar-refractivity contribution in [3.63, 3.8) is 0 Å². The molecule has 15 heavy (non-hydrogen) atoms. The standard InChI is InChI=1S/C11H13ClO2S/c1-8(6-13)15-7-11(14)9-4-2-3-5-10(9)12/h2-5,8,13H,6-7H2,1H3. The summed E-state index contributed by atoms with van der Waals surface area (Å²) in [5.41, 5.74) is 0.553. The van der Waals surface area contributed by atoms with Crippen LogP contribution in [0.15, 0.2) is 24.3 Å². The molecule has 1 aromatic rings. The van der Waals surface area contributed by atoms with Gasteiger partial charge in [0.15, 0.2) is 5.78 Å². The van der Waals surface area contributed by atoms with Crippen molar-refractivity contribution in [1.29, 1.82) is 0 Å². The van der Waals surface area contributed by atoms with Crippen LogP contribution in [0.3, 0.4) is 0 Å². The van der Waals surface area contributed by atoms with Gasteiger partial charge in [-0.3, -0.25) is 4.79 Å². The van der Waals surface area contributed by atoms with Gasteiger partial charge in [0.25, 0.3) is 0 Å². The molecular formula is C11H13ClO2S. The predicted octanol–water partition coefficient (Wildman–Crippen LogP) is 2.64. The highest BCUT2D eigenvalue weighted by atomic mass is 35.5. The van der Waals surface area contributed by atoms with Gasteiger partial charge in [0.05, 0.1) is 17.4 Å². The minimum absolute atomic E-state index is 0.00546. The predicted molar refractivity (Wildman–Crippen MR) is 64.8 cm³/mol. The van der Waals surface area contributed by atoms with Crippen molar-refractivity contribution in [3.8, 4) is 0 Å². The quantitative estimate of drug-likeness (QED) is 0.810. The lowest BCUT2D eigenvalue weighted by Crippen LogP contribution is -2.09. The van der Waals surface area contributed by atoms with Crippen molar-refractivity contribution >= 4 is 29.1 Å². The van der Waals surface area contributed by atoms with E-state index in [1.807, 2.05) is 6.92 Å². The van der Waals surface area contributed by atoms with Gasteiger partial charge in [0.2, 0.25) is 0 Å². The van der Waals surface area contributed by atoms with E-state index >= 15 is 0 Å². The number of hydrogen-bond acceptors (Lipinski definition) is 3. The first kappa shape index (κ1) is 12.6. The van der Waals surface area contributed by atoms with Crippen molar-refractivity contribution in [2.45, 2.75) is 12.2 Å². The first-order valence-corrected chi connectivity index (χ1v) is 6.08. The SMILES string of the molecule is CC(CO)SCC(=O)c1ccccc1Cl. The Bertz CT molecular complexity index is 341. The molecule has 4 heteroatoms. The maximum atomic E-state index is 11.7. The van der Waals surface area contributed by atoms with Crippen LogP contribution in [0.25, 0.3) is 0 Å². The van der Waals surface area contributed by atoms with Gasteiger partial charge >= 0.3 is 0 Å². The zero-order valence-corrected chi connectivity index (χ0v) is 10.0. The second kappa shape index (κ2) is 6.16. The molecule has 0 radical (unpaired) electrons. The molecule has 0 saturated carbocycles. The smallest absolute Gasteiger partial charge is 0.174 e. The molecule has 0 fully saturated rings. The number of benzene rings is 1. The summed E-state index contributed by atoms with van der Waals surface area (Å²) in [5, 5.41) is 9.38. The molecule has 1 aromatic carbocycles. The van der Waals surface area contributed by atoms with E-state index in [2.05, 4.69) is 0 Å². The average Bonchev–Trinajstić information content (AvgIpc) is 2.26. The van der Waals surface area contributed by atoms with Crippen LogP contribution in [0.2, 0.25) is 5.02 Å². The molecular weight excluding hydrogens is 232 g/mol. The van der Waals surface area contributed by atoms with Crippen LogP contribution in [0, 0.1) is 0 Å². The Hall–Kier alpha value is -0.510. The lowest BCUT2D eigenvalue weighted by atomic mass is 10.1. The number of Topliss-reactive ketones (excluding diaryl/α,β-unsaturated/α-hetero) is 1. The molecule has 0 aliphatic rings. The van der Waals surface area contributed by atoms with Crippen molar-refractivity contribution < 1.29 is 9.90 Å². The Balaban J connectivity index is 2.58. The molecule has 1 atom stereocenters. The van der Waals surface area contributed by atoms with Crippen LogP contribution in [0.1, 0.15) is 17.3 Å². The van der Waals surface area contributed by atoms with Gasteiger partial charge in [-0.15, -0.1) is 11.8 Å². The number of thioether (sulfide) groups is 1. The fraction of sp³-hybridized carbons (Fsp3) is 0.364. The maximum Gasteiger partial charge on any atom is 0.174 e. The Labute approximate surface area is 98.6 Å². The van der Waals surface area contributed by atoms with Gasteiger partial charge in [0, 0.05) is 10.8 Å². The molecule has 82 valence electrons. The zero-order valence-electron chi connectivity index (χ0n) is 8.44. The van der Waals surface area contributed by atoms with Gasteiger partial charge in [-0.2, -0.15) is 0 Å². The number of carbonyl (C=O) groups excluding carboxylic acids is 1. The summed E-state index contributed by atoms with van der Waals surface area (Å²) < 4.78 is 0. The molecule has 0 spiro atoms. The third-order valence-electron chi connectivity index (χ3n) is 1.93. The van der Waals surface area contributed by atoms with Gasteiger partial charge in [-0.25, -0.2) is 0 Å². The van der Waals surface area contributed by atoms with Gasteiger partial charge in [-0.1, -0.05) is 30.7 Å². The fourth-order valence-corrected chi connectivity index (χ4v) is 1.97. The molecule has 1 unspecified atom stereocenters. The van der Waals surface area contributed by atoms with Crippen LogP contribution < -0.4 is 0 Å². The zero-order chi connectivity index (χ0) is 11.3. The summed E-state index contributed by atoms with van der Waals surface area (Å²) in [7, 11) is 0. The summed E-state index contributed by atoms with van der Waals surface area (Å²) in [4.78, 5) is 11.7. The van der Waals surface area contributed by atoms with E-state index in [1.165, 1.54) is 11.8 Å².